The first-order valence-electron chi connectivity index (χ1n) is 11.4. The molecule has 1 atom stereocenters. The first-order valence-corrected chi connectivity index (χ1v) is 11.4. The molecule has 0 bridgehead atoms. The molecule has 2 saturated heterocycles. The number of ether oxygens (including phenoxy) is 1. The van der Waals surface area contributed by atoms with Crippen LogP contribution in [0.3, 0.4) is 0 Å². The van der Waals surface area contributed by atoms with Crippen molar-refractivity contribution in [2.45, 2.75) is 32.9 Å². The molecule has 2 aromatic heterocycles. The van der Waals surface area contributed by atoms with E-state index in [9.17, 15) is 4.79 Å². The zero-order chi connectivity index (χ0) is 22.9. The minimum absolute atomic E-state index is 0.0718. The Labute approximate surface area is 193 Å². The quantitative estimate of drug-likeness (QED) is 0.595. The minimum atomic E-state index is -0.0718. The Morgan fingerprint density at radius 1 is 1.00 bits per heavy atom. The van der Waals surface area contributed by atoms with Gasteiger partial charge in [0.2, 0.25) is 0 Å². The average Bonchev–Trinajstić information content (AvgIpc) is 3.47. The molecule has 9 nitrogen and oxygen atoms in total. The monoisotopic (exact) mass is 447 g/mol. The Kier molecular flexibility index (Phi) is 5.72. The van der Waals surface area contributed by atoms with Gasteiger partial charge in [-0.1, -0.05) is 6.07 Å². The number of aromatic nitrogens is 4. The second-order valence-electron chi connectivity index (χ2n) is 8.76. The number of hydrogen-bond donors (Lipinski definition) is 0. The molecular weight excluding hydrogens is 418 g/mol. The Balaban J connectivity index is 1.34. The van der Waals surface area contributed by atoms with E-state index in [1.54, 1.807) is 16.1 Å². The van der Waals surface area contributed by atoms with Crippen molar-refractivity contribution in [3.63, 3.8) is 0 Å². The summed E-state index contributed by atoms with van der Waals surface area (Å²) in [7, 11) is 0. The van der Waals surface area contributed by atoms with Crippen LogP contribution >= 0.6 is 0 Å². The summed E-state index contributed by atoms with van der Waals surface area (Å²) < 4.78 is 7.52. The van der Waals surface area contributed by atoms with E-state index in [4.69, 9.17) is 9.72 Å². The number of benzene rings is 1. The number of carbonyl (C=O) groups is 1. The fourth-order valence-electron chi connectivity index (χ4n) is 4.43. The highest BCUT2D eigenvalue weighted by Gasteiger charge is 2.32. The Hall–Kier alpha value is -3.46. The summed E-state index contributed by atoms with van der Waals surface area (Å²) in [4.78, 5) is 23.9. The van der Waals surface area contributed by atoms with Crippen molar-refractivity contribution in [1.29, 1.82) is 0 Å². The Morgan fingerprint density at radius 3 is 2.52 bits per heavy atom. The van der Waals surface area contributed by atoms with Crippen molar-refractivity contribution in [1.82, 2.24) is 19.7 Å². The number of urea groups is 1. The fourth-order valence-corrected chi connectivity index (χ4v) is 4.43. The number of amides is 2. The van der Waals surface area contributed by atoms with Gasteiger partial charge < -0.3 is 14.2 Å². The number of carbonyl (C=O) groups excluding carboxylic acids is 1. The van der Waals surface area contributed by atoms with Gasteiger partial charge in [0.1, 0.15) is 17.8 Å². The standard InChI is InChI=1S/C24H29N7O2/c1-17(2)31-16-25-27-23(31)21-5-4-6-22(26-21)30-12-11-29(24(30)32)20-9-7-19(8-10-20)28-13-14-33-15-18(28)3/h4-10,16-18H,11-15H2,1-3H3. The van der Waals surface area contributed by atoms with Gasteiger partial charge in [0.05, 0.1) is 13.2 Å². The van der Waals surface area contributed by atoms with Crippen LogP contribution in [0, 0.1) is 0 Å². The average molecular weight is 448 g/mol. The van der Waals surface area contributed by atoms with E-state index < -0.39 is 0 Å². The van der Waals surface area contributed by atoms with Crippen LogP contribution in [-0.2, 0) is 4.74 Å². The second kappa shape index (κ2) is 8.82. The predicted octanol–water partition coefficient (Wildman–Crippen LogP) is 3.59. The van der Waals surface area contributed by atoms with Crippen LogP contribution in [0.4, 0.5) is 22.0 Å². The van der Waals surface area contributed by atoms with Gasteiger partial charge in [-0.2, -0.15) is 0 Å². The van der Waals surface area contributed by atoms with E-state index in [1.807, 2.05) is 34.9 Å². The molecule has 0 aliphatic carbocycles. The van der Waals surface area contributed by atoms with Gasteiger partial charge in [-0.05, 0) is 57.2 Å². The summed E-state index contributed by atoms with van der Waals surface area (Å²) in [5.41, 5.74) is 2.75. The lowest BCUT2D eigenvalue weighted by Crippen LogP contribution is -2.43. The van der Waals surface area contributed by atoms with E-state index in [2.05, 4.69) is 48.0 Å². The highest BCUT2D eigenvalue weighted by molar-refractivity contribution is 6.05. The van der Waals surface area contributed by atoms with Gasteiger partial charge >= 0.3 is 6.03 Å². The number of hydrogen-bond acceptors (Lipinski definition) is 6. The van der Waals surface area contributed by atoms with Crippen LogP contribution in [0.5, 0.6) is 0 Å². The molecule has 1 unspecified atom stereocenters. The molecule has 2 aliphatic heterocycles. The molecule has 172 valence electrons. The highest BCUT2D eigenvalue weighted by atomic mass is 16.5. The lowest BCUT2D eigenvalue weighted by atomic mass is 10.2. The summed E-state index contributed by atoms with van der Waals surface area (Å²) >= 11 is 0. The van der Waals surface area contributed by atoms with Crippen LogP contribution in [-0.4, -0.2) is 64.7 Å². The van der Waals surface area contributed by atoms with Crippen LogP contribution in [0.15, 0.2) is 48.8 Å². The number of pyridine rings is 1. The number of rotatable bonds is 5. The van der Waals surface area contributed by atoms with Crippen LogP contribution < -0.4 is 14.7 Å². The third kappa shape index (κ3) is 4.04. The van der Waals surface area contributed by atoms with E-state index in [1.165, 1.54) is 0 Å². The van der Waals surface area contributed by atoms with Gasteiger partial charge in [-0.3, -0.25) is 9.80 Å². The van der Waals surface area contributed by atoms with Crippen LogP contribution in [0.25, 0.3) is 11.5 Å². The third-order valence-corrected chi connectivity index (χ3v) is 6.24. The van der Waals surface area contributed by atoms with E-state index in [0.29, 0.717) is 36.5 Å². The molecular formula is C24H29N7O2. The number of nitrogens with zero attached hydrogens (tertiary/aromatic N) is 7. The largest absolute Gasteiger partial charge is 0.377 e. The van der Waals surface area contributed by atoms with Crippen molar-refractivity contribution in [2.24, 2.45) is 0 Å². The smallest absolute Gasteiger partial charge is 0.330 e. The SMILES string of the molecule is CC1COCCN1c1ccc(N2CCN(c3cccc(-c4nncn4C(C)C)n3)C2=O)cc1. The normalized spacial score (nSPS) is 19.1. The lowest BCUT2D eigenvalue weighted by Gasteiger charge is -2.35. The summed E-state index contributed by atoms with van der Waals surface area (Å²) in [6.07, 6.45) is 1.71. The topological polar surface area (TPSA) is 79.6 Å². The summed E-state index contributed by atoms with van der Waals surface area (Å²) in [6, 6.07) is 14.4. The Bertz CT molecular complexity index is 1130. The van der Waals surface area contributed by atoms with Gasteiger partial charge in [-0.15, -0.1) is 10.2 Å². The molecule has 0 N–H and O–H groups in total. The molecule has 2 aliphatic rings. The molecule has 2 amide bonds. The van der Waals surface area contributed by atoms with Crippen molar-refractivity contribution in [3.05, 3.63) is 48.8 Å². The lowest BCUT2D eigenvalue weighted by molar-refractivity contribution is 0.0989. The first-order chi connectivity index (χ1) is 16.0. The number of morpholine rings is 1. The van der Waals surface area contributed by atoms with Crippen molar-refractivity contribution in [2.75, 3.05) is 47.5 Å². The maximum absolute atomic E-state index is 13.3. The summed E-state index contributed by atoms with van der Waals surface area (Å²) in [5.74, 6) is 1.32. The van der Waals surface area contributed by atoms with Crippen molar-refractivity contribution in [3.8, 4) is 11.5 Å². The molecule has 4 heterocycles. The van der Waals surface area contributed by atoms with Gasteiger partial charge in [-0.25, -0.2) is 9.78 Å². The van der Waals surface area contributed by atoms with Gasteiger partial charge in [0.15, 0.2) is 5.82 Å². The maximum atomic E-state index is 13.3. The van der Waals surface area contributed by atoms with E-state index in [-0.39, 0.29) is 12.1 Å². The van der Waals surface area contributed by atoms with Gasteiger partial charge in [0, 0.05) is 43.1 Å². The third-order valence-electron chi connectivity index (χ3n) is 6.24. The van der Waals surface area contributed by atoms with E-state index >= 15 is 0 Å². The molecule has 0 saturated carbocycles. The predicted molar refractivity (Wildman–Crippen MR) is 128 cm³/mol. The molecule has 3 aromatic rings. The van der Waals surface area contributed by atoms with Crippen molar-refractivity contribution < 1.29 is 9.53 Å². The second-order valence-corrected chi connectivity index (χ2v) is 8.76. The summed E-state index contributed by atoms with van der Waals surface area (Å²) in [6.45, 7) is 9.86. The highest BCUT2D eigenvalue weighted by Crippen LogP contribution is 2.29. The molecule has 0 spiro atoms. The number of anilines is 3. The van der Waals surface area contributed by atoms with E-state index in [0.717, 1.165) is 31.1 Å². The fraction of sp³-hybridized carbons (Fsp3) is 0.417. The molecule has 0 radical (unpaired) electrons. The Morgan fingerprint density at radius 2 is 1.76 bits per heavy atom. The molecule has 5 rings (SSSR count). The zero-order valence-corrected chi connectivity index (χ0v) is 19.3. The van der Waals surface area contributed by atoms with Gasteiger partial charge in [0.25, 0.3) is 0 Å². The van der Waals surface area contributed by atoms with Crippen molar-refractivity contribution >= 4 is 23.2 Å². The summed E-state index contributed by atoms with van der Waals surface area (Å²) in [5, 5.41) is 8.27. The molecule has 2 fully saturated rings. The first kappa shape index (κ1) is 21.4. The van der Waals surface area contributed by atoms with Crippen LogP contribution in [0.2, 0.25) is 0 Å². The maximum Gasteiger partial charge on any atom is 0.330 e. The zero-order valence-electron chi connectivity index (χ0n) is 19.3. The van der Waals surface area contributed by atoms with Crippen LogP contribution in [0.1, 0.15) is 26.8 Å². The molecule has 33 heavy (non-hydrogen) atoms. The minimum Gasteiger partial charge on any atom is -0.377 e. The molecule has 1 aromatic carbocycles. The molecule has 9 heteroatoms.